The number of nitrogens with zero attached hydrogens (tertiary/aromatic N) is 2. The fraction of sp³-hybridized carbons (Fsp3) is 0.429. The third kappa shape index (κ3) is 7.74. The zero-order chi connectivity index (χ0) is 22.6. The van der Waals surface area contributed by atoms with Gasteiger partial charge >= 0.3 is 0 Å². The second-order valence-electron chi connectivity index (χ2n) is 8.43. The molecule has 1 atom stereocenters. The van der Waals surface area contributed by atoms with Crippen LogP contribution in [0.4, 0.5) is 4.39 Å². The third-order valence-corrected chi connectivity index (χ3v) is 5.63. The number of hydrogen-bond acceptors (Lipinski definition) is 3. The maximum atomic E-state index is 12.8. The monoisotopic (exact) mass is 434 g/mol. The van der Waals surface area contributed by atoms with Gasteiger partial charge in [-0.2, -0.15) is 0 Å². The zero-order valence-corrected chi connectivity index (χ0v) is 19.4. The van der Waals surface area contributed by atoms with Crippen LogP contribution in [-0.4, -0.2) is 22.7 Å². The first-order valence-electron chi connectivity index (χ1n) is 11.9. The average molecular weight is 435 g/mol. The summed E-state index contributed by atoms with van der Waals surface area (Å²) in [6, 6.07) is 16.7. The maximum Gasteiger partial charge on any atom is 0.119 e. The van der Waals surface area contributed by atoms with Crippen LogP contribution in [0.5, 0.6) is 5.75 Å². The van der Waals surface area contributed by atoms with Crippen molar-refractivity contribution in [2.24, 2.45) is 0 Å². The predicted molar refractivity (Wildman–Crippen MR) is 131 cm³/mol. The maximum absolute atomic E-state index is 12.8. The number of rotatable bonds is 13. The molecule has 32 heavy (non-hydrogen) atoms. The molecule has 4 heteroatoms. The Hall–Kier alpha value is -2.75. The molecular weight excluding hydrogens is 399 g/mol. The second-order valence-corrected chi connectivity index (χ2v) is 8.43. The first kappa shape index (κ1) is 23.9. The molecule has 0 fully saturated rings. The van der Waals surface area contributed by atoms with Gasteiger partial charge in [0.25, 0.3) is 0 Å². The summed E-state index contributed by atoms with van der Waals surface area (Å²) in [5.74, 6) is 0.925. The number of benzene rings is 2. The molecule has 0 N–H and O–H groups in total. The lowest BCUT2D eigenvalue weighted by molar-refractivity contribution is 0.306. The molecular formula is C28H35FN2O. The van der Waals surface area contributed by atoms with Gasteiger partial charge in [-0.1, -0.05) is 69.0 Å². The number of ether oxygens (including phenoxy) is 1. The highest BCUT2D eigenvalue weighted by atomic mass is 19.1. The fourth-order valence-corrected chi connectivity index (χ4v) is 3.66. The number of halogens is 1. The molecule has 0 aliphatic rings. The smallest absolute Gasteiger partial charge is 0.119 e. The van der Waals surface area contributed by atoms with E-state index in [-0.39, 0.29) is 0 Å². The van der Waals surface area contributed by atoms with Gasteiger partial charge in [-0.15, -0.1) is 0 Å². The molecule has 1 aromatic heterocycles. The van der Waals surface area contributed by atoms with E-state index in [0.29, 0.717) is 6.42 Å². The Labute approximate surface area is 192 Å². The van der Waals surface area contributed by atoms with Gasteiger partial charge in [0, 0.05) is 11.8 Å². The van der Waals surface area contributed by atoms with Crippen LogP contribution in [0.1, 0.15) is 64.5 Å². The van der Waals surface area contributed by atoms with E-state index in [1.807, 2.05) is 24.5 Å². The highest BCUT2D eigenvalue weighted by Gasteiger charge is 2.04. The minimum atomic E-state index is -0.700. The van der Waals surface area contributed by atoms with E-state index in [4.69, 9.17) is 4.74 Å². The molecule has 1 heterocycles. The molecule has 0 bridgehead atoms. The summed E-state index contributed by atoms with van der Waals surface area (Å²) in [7, 11) is 0. The van der Waals surface area contributed by atoms with Gasteiger partial charge in [-0.25, -0.2) is 4.39 Å². The van der Waals surface area contributed by atoms with Crippen molar-refractivity contribution in [2.75, 3.05) is 6.61 Å². The lowest BCUT2D eigenvalue weighted by Gasteiger charge is -2.08. The van der Waals surface area contributed by atoms with Gasteiger partial charge in [-0.05, 0) is 55.9 Å². The predicted octanol–water partition coefficient (Wildman–Crippen LogP) is 7.84. The third-order valence-electron chi connectivity index (χ3n) is 5.63. The van der Waals surface area contributed by atoms with Crippen LogP contribution in [-0.2, 0) is 6.42 Å². The highest BCUT2D eigenvalue weighted by Crippen LogP contribution is 2.25. The van der Waals surface area contributed by atoms with E-state index in [2.05, 4.69) is 53.3 Å². The van der Waals surface area contributed by atoms with Gasteiger partial charge in [0.2, 0.25) is 0 Å². The normalized spacial score (nSPS) is 12.0. The van der Waals surface area contributed by atoms with Crippen molar-refractivity contribution < 1.29 is 9.13 Å². The molecule has 1 unspecified atom stereocenters. The summed E-state index contributed by atoms with van der Waals surface area (Å²) in [6.45, 7) is 4.60. The van der Waals surface area contributed by atoms with E-state index in [0.717, 1.165) is 61.4 Å². The fourth-order valence-electron chi connectivity index (χ4n) is 3.66. The van der Waals surface area contributed by atoms with E-state index < -0.39 is 6.17 Å². The summed E-state index contributed by atoms with van der Waals surface area (Å²) in [6.07, 6.45) is 11.1. The lowest BCUT2D eigenvalue weighted by Crippen LogP contribution is -1.96. The van der Waals surface area contributed by atoms with Gasteiger partial charge in [0.05, 0.1) is 30.4 Å². The summed E-state index contributed by atoms with van der Waals surface area (Å²) in [4.78, 5) is 9.16. The Morgan fingerprint density at radius 1 is 0.781 bits per heavy atom. The molecule has 3 rings (SSSR count). The molecule has 0 aliphatic carbocycles. The molecule has 3 aromatic rings. The van der Waals surface area contributed by atoms with Crippen molar-refractivity contribution in [3.05, 3.63) is 66.6 Å². The topological polar surface area (TPSA) is 35.0 Å². The molecule has 0 saturated heterocycles. The van der Waals surface area contributed by atoms with Gasteiger partial charge < -0.3 is 4.74 Å². The standard InChI is InChI=1S/C28H35FN2O/c1-3-4-8-19-32-27-17-15-24(16-18-27)23-11-13-25(14-12-23)28-21-30-26(20-31-28)10-7-5-6-9-22(2)29/h11-18,20-22H,3-10,19H2,1-2H3. The summed E-state index contributed by atoms with van der Waals surface area (Å²) in [5.41, 5.74) is 5.26. The second kappa shape index (κ2) is 12.9. The van der Waals surface area contributed by atoms with E-state index >= 15 is 0 Å². The summed E-state index contributed by atoms with van der Waals surface area (Å²) >= 11 is 0. The van der Waals surface area contributed by atoms with Crippen LogP contribution in [0.25, 0.3) is 22.4 Å². The number of aromatic nitrogens is 2. The molecule has 0 aliphatic heterocycles. The summed E-state index contributed by atoms with van der Waals surface area (Å²) < 4.78 is 18.6. The molecule has 2 aromatic carbocycles. The van der Waals surface area contributed by atoms with Crippen LogP contribution in [0.2, 0.25) is 0 Å². The van der Waals surface area contributed by atoms with Crippen molar-refractivity contribution in [1.29, 1.82) is 0 Å². The molecule has 3 nitrogen and oxygen atoms in total. The number of hydrogen-bond donors (Lipinski definition) is 0. The minimum Gasteiger partial charge on any atom is -0.494 e. The zero-order valence-electron chi connectivity index (χ0n) is 19.4. The van der Waals surface area contributed by atoms with Crippen LogP contribution in [0.3, 0.4) is 0 Å². The number of alkyl halides is 1. The highest BCUT2D eigenvalue weighted by molar-refractivity contribution is 5.68. The molecule has 0 saturated carbocycles. The Morgan fingerprint density at radius 3 is 2.09 bits per heavy atom. The largest absolute Gasteiger partial charge is 0.494 e. The summed E-state index contributed by atoms with van der Waals surface area (Å²) in [5, 5.41) is 0. The Kier molecular flexibility index (Phi) is 9.67. The van der Waals surface area contributed by atoms with Crippen LogP contribution in [0, 0.1) is 0 Å². The van der Waals surface area contributed by atoms with Crippen LogP contribution >= 0.6 is 0 Å². The Morgan fingerprint density at radius 2 is 1.47 bits per heavy atom. The SMILES string of the molecule is CCCCCOc1ccc(-c2ccc(-c3cnc(CCCCCC(C)F)cn3)cc2)cc1. The van der Waals surface area contributed by atoms with Crippen molar-refractivity contribution in [3.8, 4) is 28.1 Å². The molecule has 0 radical (unpaired) electrons. The van der Waals surface area contributed by atoms with E-state index in [9.17, 15) is 4.39 Å². The first-order valence-corrected chi connectivity index (χ1v) is 11.9. The van der Waals surface area contributed by atoms with Crippen molar-refractivity contribution in [1.82, 2.24) is 9.97 Å². The van der Waals surface area contributed by atoms with Gasteiger partial charge in [0.15, 0.2) is 0 Å². The molecule has 170 valence electrons. The number of unbranched alkanes of at least 4 members (excludes halogenated alkanes) is 4. The average Bonchev–Trinajstić information content (AvgIpc) is 2.82. The lowest BCUT2D eigenvalue weighted by atomic mass is 10.0. The van der Waals surface area contributed by atoms with Crippen molar-refractivity contribution in [3.63, 3.8) is 0 Å². The van der Waals surface area contributed by atoms with Crippen molar-refractivity contribution in [2.45, 2.75) is 71.4 Å². The Balaban J connectivity index is 1.51. The Bertz CT molecular complexity index is 906. The van der Waals surface area contributed by atoms with E-state index in [1.165, 1.54) is 24.0 Å². The van der Waals surface area contributed by atoms with Gasteiger partial charge in [-0.3, -0.25) is 9.97 Å². The van der Waals surface area contributed by atoms with Gasteiger partial charge in [0.1, 0.15) is 5.75 Å². The quantitative estimate of drug-likeness (QED) is 0.257. The number of aryl methyl sites for hydroxylation is 1. The van der Waals surface area contributed by atoms with E-state index in [1.54, 1.807) is 6.92 Å². The van der Waals surface area contributed by atoms with Crippen LogP contribution < -0.4 is 4.74 Å². The molecule has 0 amide bonds. The van der Waals surface area contributed by atoms with Crippen molar-refractivity contribution >= 4 is 0 Å². The first-order chi connectivity index (χ1) is 15.7. The molecule has 0 spiro atoms. The van der Waals surface area contributed by atoms with Crippen LogP contribution in [0.15, 0.2) is 60.9 Å². The minimum absolute atomic E-state index is 0.650.